The van der Waals surface area contributed by atoms with Crippen molar-refractivity contribution >= 4 is 45.0 Å². The van der Waals surface area contributed by atoms with E-state index in [-0.39, 0.29) is 39.2 Å². The number of hydrogen-bond donors (Lipinski definition) is 0. The van der Waals surface area contributed by atoms with Crippen LogP contribution in [0.15, 0.2) is 66.7 Å². The fourth-order valence-corrected chi connectivity index (χ4v) is 5.09. The first kappa shape index (κ1) is 31.4. The van der Waals surface area contributed by atoms with Gasteiger partial charge in [-0.3, -0.25) is 34.7 Å². The number of para-hydroxylation sites is 2. The van der Waals surface area contributed by atoms with E-state index < -0.39 is 74.9 Å². The molecule has 4 rings (SSSR count). The van der Waals surface area contributed by atoms with E-state index in [1.165, 1.54) is 54.6 Å². The first-order valence-corrected chi connectivity index (χ1v) is 14.8. The van der Waals surface area contributed by atoms with Crippen LogP contribution in [0.3, 0.4) is 0 Å². The number of amides is 2. The van der Waals surface area contributed by atoms with Crippen molar-refractivity contribution in [2.45, 2.75) is 25.7 Å². The number of rotatable bonds is 12. The average Bonchev–Trinajstić information content (AvgIpc) is 3.23. The van der Waals surface area contributed by atoms with E-state index >= 15 is 0 Å². The monoisotopic (exact) mass is 625 g/mol. The van der Waals surface area contributed by atoms with E-state index in [0.717, 1.165) is 18.4 Å². The highest BCUT2D eigenvalue weighted by Crippen LogP contribution is 2.29. The summed E-state index contributed by atoms with van der Waals surface area (Å²) in [6.07, 6.45) is 0.373. The number of nitro benzene ring substituents is 2. The molecule has 3 aromatic rings. The van der Waals surface area contributed by atoms with E-state index in [2.05, 4.69) is 0 Å². The fourth-order valence-electron chi connectivity index (χ4n) is 4.44. The van der Waals surface area contributed by atoms with Gasteiger partial charge in [0.15, 0.2) is 0 Å². The Kier molecular flexibility index (Phi) is 9.13. The van der Waals surface area contributed by atoms with Crippen LogP contribution in [0, 0.1) is 20.2 Å². The summed E-state index contributed by atoms with van der Waals surface area (Å²) in [5.41, 5.74) is -1.07. The molecule has 2 amide bonds. The van der Waals surface area contributed by atoms with Gasteiger partial charge in [0.25, 0.3) is 23.2 Å². The van der Waals surface area contributed by atoms with Crippen molar-refractivity contribution in [1.82, 2.24) is 4.90 Å². The van der Waals surface area contributed by atoms with Crippen molar-refractivity contribution in [2.75, 3.05) is 12.0 Å². The number of esters is 2. The topological polar surface area (TPSA) is 210 Å². The molecule has 0 saturated heterocycles. The Labute approximate surface area is 249 Å². The Morgan fingerprint density at radius 3 is 1.89 bits per heavy atom. The van der Waals surface area contributed by atoms with Crippen molar-refractivity contribution < 1.29 is 46.9 Å². The molecule has 0 N–H and O–H groups in total. The second kappa shape index (κ2) is 12.8. The molecule has 0 spiro atoms. The summed E-state index contributed by atoms with van der Waals surface area (Å²) >= 11 is 0. The third kappa shape index (κ3) is 6.92. The van der Waals surface area contributed by atoms with Crippen molar-refractivity contribution in [3.63, 3.8) is 0 Å². The van der Waals surface area contributed by atoms with Crippen molar-refractivity contribution in [2.24, 2.45) is 0 Å². The van der Waals surface area contributed by atoms with Gasteiger partial charge in [0.2, 0.25) is 0 Å². The summed E-state index contributed by atoms with van der Waals surface area (Å²) in [5.74, 6) is -4.70. The van der Waals surface area contributed by atoms with Crippen LogP contribution in [-0.2, 0) is 37.3 Å². The largest absolute Gasteiger partial charge is 0.459 e. The standard InChI is InChI=1S/C28H23N3O12S/c1-44(40,41)13-12-24(28(35)43-16-19-7-3-5-9-23(19)31(38)39)29-25(32)20-11-10-17(14-21(20)26(29)33)27(34)42-15-18-6-2-4-8-22(18)30(36)37/h2-11,14,24H,12-13,15-16H2,1H3/t24-/m0/s1. The van der Waals surface area contributed by atoms with Crippen LogP contribution in [0.5, 0.6) is 0 Å². The Balaban J connectivity index is 1.56. The third-order valence-electron chi connectivity index (χ3n) is 6.60. The van der Waals surface area contributed by atoms with Crippen LogP contribution in [0.4, 0.5) is 11.4 Å². The molecule has 0 aliphatic carbocycles. The van der Waals surface area contributed by atoms with Crippen LogP contribution >= 0.6 is 0 Å². The Hall–Kier alpha value is -5.51. The number of nitro groups is 2. The molecule has 16 heteroatoms. The van der Waals surface area contributed by atoms with Gasteiger partial charge in [0.05, 0.1) is 43.4 Å². The molecule has 228 valence electrons. The molecule has 1 heterocycles. The van der Waals surface area contributed by atoms with Crippen LogP contribution in [0.2, 0.25) is 0 Å². The number of sulfone groups is 1. The minimum absolute atomic E-state index is 0.0269. The maximum Gasteiger partial charge on any atom is 0.338 e. The maximum atomic E-state index is 13.4. The minimum Gasteiger partial charge on any atom is -0.459 e. The van der Waals surface area contributed by atoms with Gasteiger partial charge < -0.3 is 9.47 Å². The van der Waals surface area contributed by atoms with Gasteiger partial charge in [-0.1, -0.05) is 24.3 Å². The molecule has 0 saturated carbocycles. The van der Waals surface area contributed by atoms with Gasteiger partial charge in [-0.25, -0.2) is 18.0 Å². The number of imide groups is 1. The average molecular weight is 626 g/mol. The summed E-state index contributed by atoms with van der Waals surface area (Å²) in [4.78, 5) is 74.3. The number of carbonyl (C=O) groups is 4. The molecular weight excluding hydrogens is 602 g/mol. The van der Waals surface area contributed by atoms with Crippen LogP contribution in [-0.4, -0.2) is 65.0 Å². The third-order valence-corrected chi connectivity index (χ3v) is 7.58. The second-order valence-electron chi connectivity index (χ2n) is 9.63. The Bertz CT molecular complexity index is 1800. The van der Waals surface area contributed by atoms with Crippen LogP contribution in [0.1, 0.15) is 48.6 Å². The highest BCUT2D eigenvalue weighted by Gasteiger charge is 2.44. The smallest absolute Gasteiger partial charge is 0.338 e. The SMILES string of the molecule is CS(=O)(=O)CC[C@@H](C(=O)OCc1ccccc1[N+](=O)[O-])N1C(=O)c2ccc(C(=O)OCc3ccccc3[N+](=O)[O-])cc2C1=O. The van der Waals surface area contributed by atoms with Gasteiger partial charge in [0.1, 0.15) is 29.1 Å². The maximum absolute atomic E-state index is 13.4. The Morgan fingerprint density at radius 1 is 0.818 bits per heavy atom. The lowest BCUT2D eigenvalue weighted by molar-refractivity contribution is -0.386. The van der Waals surface area contributed by atoms with E-state index in [1.807, 2.05) is 0 Å². The Morgan fingerprint density at radius 2 is 1.34 bits per heavy atom. The van der Waals surface area contributed by atoms with E-state index in [4.69, 9.17) is 9.47 Å². The molecule has 0 bridgehead atoms. The molecule has 0 radical (unpaired) electrons. The van der Waals surface area contributed by atoms with Crippen LogP contribution in [0.25, 0.3) is 0 Å². The summed E-state index contributed by atoms with van der Waals surface area (Å²) < 4.78 is 34.2. The predicted octanol–water partition coefficient (Wildman–Crippen LogP) is 3.00. The van der Waals surface area contributed by atoms with Gasteiger partial charge in [-0.05, 0) is 36.8 Å². The van der Waals surface area contributed by atoms with Crippen LogP contribution < -0.4 is 0 Å². The second-order valence-corrected chi connectivity index (χ2v) is 11.9. The molecule has 1 aliphatic rings. The van der Waals surface area contributed by atoms with Crippen molar-refractivity contribution in [3.05, 3.63) is 115 Å². The zero-order chi connectivity index (χ0) is 32.2. The first-order chi connectivity index (χ1) is 20.8. The lowest BCUT2D eigenvalue weighted by atomic mass is 10.1. The number of ether oxygens (including phenoxy) is 2. The summed E-state index contributed by atoms with van der Waals surface area (Å²) in [7, 11) is -3.68. The normalized spacial score (nSPS) is 13.2. The quantitative estimate of drug-likeness (QED) is 0.123. The van der Waals surface area contributed by atoms with E-state index in [0.29, 0.717) is 4.90 Å². The van der Waals surface area contributed by atoms with Crippen molar-refractivity contribution in [3.8, 4) is 0 Å². The summed E-state index contributed by atoms with van der Waals surface area (Å²) in [5, 5.41) is 22.5. The molecule has 1 aliphatic heterocycles. The zero-order valence-corrected chi connectivity index (χ0v) is 23.7. The molecule has 0 aromatic heterocycles. The molecule has 0 fully saturated rings. The predicted molar refractivity (Wildman–Crippen MR) is 150 cm³/mol. The van der Waals surface area contributed by atoms with Gasteiger partial charge in [0, 0.05) is 18.4 Å². The van der Waals surface area contributed by atoms with Gasteiger partial charge in [-0.2, -0.15) is 0 Å². The van der Waals surface area contributed by atoms with Crippen molar-refractivity contribution in [1.29, 1.82) is 0 Å². The van der Waals surface area contributed by atoms with E-state index in [1.54, 1.807) is 0 Å². The number of nitrogens with zero attached hydrogens (tertiary/aromatic N) is 3. The first-order valence-electron chi connectivity index (χ1n) is 12.8. The molecule has 15 nitrogen and oxygen atoms in total. The zero-order valence-electron chi connectivity index (χ0n) is 22.9. The number of fused-ring (bicyclic) bond motifs is 1. The summed E-state index contributed by atoms with van der Waals surface area (Å²) in [6, 6.07) is 12.7. The highest BCUT2D eigenvalue weighted by atomic mass is 32.2. The fraction of sp³-hybridized carbons (Fsp3) is 0.214. The van der Waals surface area contributed by atoms with E-state index in [9.17, 15) is 47.8 Å². The number of hydrogen-bond acceptors (Lipinski definition) is 12. The lowest BCUT2D eigenvalue weighted by Crippen LogP contribution is -2.46. The number of carbonyl (C=O) groups excluding carboxylic acids is 4. The summed E-state index contributed by atoms with van der Waals surface area (Å²) in [6.45, 7) is -1.05. The number of benzene rings is 3. The molecule has 1 atom stereocenters. The molecular formula is C28H23N3O12S. The molecule has 0 unspecified atom stereocenters. The lowest BCUT2D eigenvalue weighted by Gasteiger charge is -2.24. The minimum atomic E-state index is -3.68. The van der Waals surface area contributed by atoms with Gasteiger partial charge >= 0.3 is 11.9 Å². The molecule has 44 heavy (non-hydrogen) atoms. The highest BCUT2D eigenvalue weighted by molar-refractivity contribution is 7.90. The van der Waals surface area contributed by atoms with Gasteiger partial charge in [-0.15, -0.1) is 0 Å². The molecule has 3 aromatic carbocycles.